The number of aromatic nitrogens is 4. The zero-order chi connectivity index (χ0) is 17.6. The molecule has 126 valence electrons. The predicted octanol–water partition coefficient (Wildman–Crippen LogP) is 3.52. The largest absolute Gasteiger partial charge is 0.294 e. The van der Waals surface area contributed by atoms with E-state index >= 15 is 0 Å². The van der Waals surface area contributed by atoms with E-state index in [0.29, 0.717) is 11.9 Å². The summed E-state index contributed by atoms with van der Waals surface area (Å²) in [5, 5.41) is 6.90. The van der Waals surface area contributed by atoms with E-state index in [-0.39, 0.29) is 5.56 Å². The Balaban J connectivity index is 1.88. The molecule has 3 aromatic heterocycles. The standard InChI is InChI=1S/C19H18N4OS/c1-12-4-5-13(2)15(6-12)16-10-25-18-17(16)19(24)23(11-20-18)9-14-7-21-22(3)8-14/h4-8,10-11H,9H2,1-3H3. The first-order chi connectivity index (χ1) is 12.0. The maximum Gasteiger partial charge on any atom is 0.263 e. The molecule has 0 bridgehead atoms. The average Bonchev–Trinajstić information content (AvgIpc) is 3.19. The van der Waals surface area contributed by atoms with Gasteiger partial charge in [-0.2, -0.15) is 5.10 Å². The van der Waals surface area contributed by atoms with Crippen molar-refractivity contribution >= 4 is 21.6 Å². The Morgan fingerprint density at radius 1 is 1.20 bits per heavy atom. The van der Waals surface area contributed by atoms with E-state index < -0.39 is 0 Å². The van der Waals surface area contributed by atoms with Crippen LogP contribution in [0.1, 0.15) is 16.7 Å². The molecule has 5 nitrogen and oxygen atoms in total. The SMILES string of the molecule is Cc1ccc(C)c(-c2csc3ncn(Cc4cnn(C)c4)c(=O)c23)c1. The second-order valence-electron chi connectivity index (χ2n) is 6.35. The minimum absolute atomic E-state index is 0.00832. The van der Waals surface area contributed by atoms with Gasteiger partial charge in [0.2, 0.25) is 0 Å². The lowest BCUT2D eigenvalue weighted by molar-refractivity contribution is 0.743. The highest BCUT2D eigenvalue weighted by atomic mass is 32.1. The van der Waals surface area contributed by atoms with Crippen molar-refractivity contribution in [3.63, 3.8) is 0 Å². The summed E-state index contributed by atoms with van der Waals surface area (Å²) in [7, 11) is 1.87. The van der Waals surface area contributed by atoms with Crippen LogP contribution in [0, 0.1) is 13.8 Å². The van der Waals surface area contributed by atoms with Crippen molar-refractivity contribution in [3.05, 3.63) is 69.3 Å². The van der Waals surface area contributed by atoms with Crippen LogP contribution >= 0.6 is 11.3 Å². The summed E-state index contributed by atoms with van der Waals surface area (Å²) in [4.78, 5) is 18.4. The Labute approximate surface area is 149 Å². The third kappa shape index (κ3) is 2.78. The molecular weight excluding hydrogens is 332 g/mol. The van der Waals surface area contributed by atoms with E-state index in [9.17, 15) is 4.79 Å². The Morgan fingerprint density at radius 2 is 2.04 bits per heavy atom. The van der Waals surface area contributed by atoms with E-state index in [1.54, 1.807) is 21.8 Å². The van der Waals surface area contributed by atoms with Gasteiger partial charge in [-0.15, -0.1) is 11.3 Å². The number of benzene rings is 1. The van der Waals surface area contributed by atoms with Crippen molar-refractivity contribution in [2.75, 3.05) is 0 Å². The van der Waals surface area contributed by atoms with Gasteiger partial charge in [0, 0.05) is 29.8 Å². The summed E-state index contributed by atoms with van der Waals surface area (Å²) in [6, 6.07) is 6.32. The minimum Gasteiger partial charge on any atom is -0.294 e. The van der Waals surface area contributed by atoms with Crippen molar-refractivity contribution in [1.29, 1.82) is 0 Å². The van der Waals surface area contributed by atoms with Crippen LogP contribution in [0.5, 0.6) is 0 Å². The average molecular weight is 350 g/mol. The fourth-order valence-corrected chi connectivity index (χ4v) is 3.95. The topological polar surface area (TPSA) is 52.7 Å². The number of nitrogens with zero attached hydrogens (tertiary/aromatic N) is 4. The van der Waals surface area contributed by atoms with E-state index in [0.717, 1.165) is 27.1 Å². The smallest absolute Gasteiger partial charge is 0.263 e. The van der Waals surface area contributed by atoms with Crippen LogP contribution in [0.25, 0.3) is 21.3 Å². The van der Waals surface area contributed by atoms with Crippen molar-refractivity contribution in [2.24, 2.45) is 7.05 Å². The van der Waals surface area contributed by atoms with Crippen LogP contribution in [0.15, 0.2) is 47.1 Å². The second-order valence-corrected chi connectivity index (χ2v) is 7.21. The van der Waals surface area contributed by atoms with Crippen LogP contribution < -0.4 is 5.56 Å². The summed E-state index contributed by atoms with van der Waals surface area (Å²) in [6.07, 6.45) is 5.31. The number of thiophene rings is 1. The molecule has 25 heavy (non-hydrogen) atoms. The van der Waals surface area contributed by atoms with Gasteiger partial charge in [0.15, 0.2) is 0 Å². The summed E-state index contributed by atoms with van der Waals surface area (Å²) in [6.45, 7) is 4.61. The van der Waals surface area contributed by atoms with Crippen LogP contribution in [-0.4, -0.2) is 19.3 Å². The van der Waals surface area contributed by atoms with Gasteiger partial charge in [0.25, 0.3) is 5.56 Å². The molecule has 3 heterocycles. The molecule has 1 aromatic carbocycles. The first-order valence-electron chi connectivity index (χ1n) is 8.05. The van der Waals surface area contributed by atoms with Gasteiger partial charge >= 0.3 is 0 Å². The van der Waals surface area contributed by atoms with E-state index in [1.165, 1.54) is 16.9 Å². The van der Waals surface area contributed by atoms with E-state index in [4.69, 9.17) is 0 Å². The first-order valence-corrected chi connectivity index (χ1v) is 8.92. The molecule has 4 aromatic rings. The van der Waals surface area contributed by atoms with Gasteiger partial charge in [-0.3, -0.25) is 14.0 Å². The lowest BCUT2D eigenvalue weighted by Crippen LogP contribution is -2.20. The van der Waals surface area contributed by atoms with Crippen molar-refractivity contribution in [2.45, 2.75) is 20.4 Å². The molecule has 0 aliphatic carbocycles. The third-order valence-corrected chi connectivity index (χ3v) is 5.24. The molecule has 0 aliphatic rings. The fourth-order valence-electron chi connectivity index (χ4n) is 3.05. The quantitative estimate of drug-likeness (QED) is 0.568. The fraction of sp³-hybridized carbons (Fsp3) is 0.211. The molecule has 0 fully saturated rings. The monoisotopic (exact) mass is 350 g/mol. The third-order valence-electron chi connectivity index (χ3n) is 4.36. The van der Waals surface area contributed by atoms with Crippen LogP contribution in [0.4, 0.5) is 0 Å². The van der Waals surface area contributed by atoms with Crippen LogP contribution in [0.3, 0.4) is 0 Å². The zero-order valence-electron chi connectivity index (χ0n) is 14.4. The highest BCUT2D eigenvalue weighted by Crippen LogP contribution is 2.33. The number of hydrogen-bond donors (Lipinski definition) is 0. The predicted molar refractivity (Wildman–Crippen MR) is 101 cm³/mol. The Kier molecular flexibility index (Phi) is 3.77. The zero-order valence-corrected chi connectivity index (χ0v) is 15.2. The molecule has 0 N–H and O–H groups in total. The van der Waals surface area contributed by atoms with Crippen LogP contribution in [-0.2, 0) is 13.6 Å². The van der Waals surface area contributed by atoms with Gasteiger partial charge in [-0.25, -0.2) is 4.98 Å². The summed E-state index contributed by atoms with van der Waals surface area (Å²) in [5.74, 6) is 0. The molecule has 0 amide bonds. The molecule has 0 aliphatic heterocycles. The number of rotatable bonds is 3. The molecule has 0 saturated carbocycles. The molecule has 0 saturated heterocycles. The number of fused-ring (bicyclic) bond motifs is 1. The molecule has 0 unspecified atom stereocenters. The lowest BCUT2D eigenvalue weighted by atomic mass is 9.99. The summed E-state index contributed by atoms with van der Waals surface area (Å²) in [5.41, 5.74) is 5.38. The normalized spacial score (nSPS) is 11.3. The second kappa shape index (κ2) is 5.97. The molecule has 0 spiro atoms. The van der Waals surface area contributed by atoms with Gasteiger partial charge < -0.3 is 0 Å². The maximum atomic E-state index is 13.1. The van der Waals surface area contributed by atoms with Crippen molar-refractivity contribution in [3.8, 4) is 11.1 Å². The van der Waals surface area contributed by atoms with Gasteiger partial charge in [0.1, 0.15) is 4.83 Å². The number of hydrogen-bond acceptors (Lipinski definition) is 4. The molecule has 0 atom stereocenters. The van der Waals surface area contributed by atoms with Gasteiger partial charge in [-0.1, -0.05) is 23.8 Å². The highest BCUT2D eigenvalue weighted by Gasteiger charge is 2.15. The first kappa shape index (κ1) is 15.8. The highest BCUT2D eigenvalue weighted by molar-refractivity contribution is 7.17. The minimum atomic E-state index is -0.00832. The van der Waals surface area contributed by atoms with Crippen molar-refractivity contribution < 1.29 is 0 Å². The molecular formula is C19H18N4OS. The Bertz CT molecular complexity index is 1140. The van der Waals surface area contributed by atoms with Crippen LogP contribution in [0.2, 0.25) is 0 Å². The number of aryl methyl sites for hydroxylation is 3. The lowest BCUT2D eigenvalue weighted by Gasteiger charge is -2.07. The molecule has 6 heteroatoms. The van der Waals surface area contributed by atoms with E-state index in [2.05, 4.69) is 42.1 Å². The van der Waals surface area contributed by atoms with E-state index in [1.807, 2.05) is 18.6 Å². The molecule has 4 rings (SSSR count). The summed E-state index contributed by atoms with van der Waals surface area (Å²) >= 11 is 1.52. The summed E-state index contributed by atoms with van der Waals surface area (Å²) < 4.78 is 3.39. The van der Waals surface area contributed by atoms with Gasteiger partial charge in [-0.05, 0) is 25.0 Å². The van der Waals surface area contributed by atoms with Crippen molar-refractivity contribution in [1.82, 2.24) is 19.3 Å². The molecule has 0 radical (unpaired) electrons. The Morgan fingerprint density at radius 3 is 2.80 bits per heavy atom. The maximum absolute atomic E-state index is 13.1. The Hall–Kier alpha value is -2.73. The van der Waals surface area contributed by atoms with Gasteiger partial charge in [0.05, 0.1) is 24.5 Å².